The highest BCUT2D eigenvalue weighted by Crippen LogP contribution is 2.38. The number of aliphatic hydroxyl groups excluding tert-OH is 2. The van der Waals surface area contributed by atoms with Crippen LogP contribution in [0.5, 0.6) is 0 Å². The Hall–Kier alpha value is -2.36. The molecule has 3 heterocycles. The standard InChI is InChI=1S/C37H61N3O10/c1-11-28-37(8,46)32(44)23(4)29(41)21(2)19-36(7,47-17-16-39-20-26-12-14-38-15-13-26)33(24(5)30(42)25(6)34(45)49-28)50-35-31(43)27(40(9)10)18-22(3)48-35/h12-15,21-25,27-28,31-33,35,39,43-44,46H,11,16-20H2,1-10H3/t21-,22-,23+,24+,25-,27+,28-,31-,32-,33-,35+,36-,37-/m1/s1. The van der Waals surface area contributed by atoms with E-state index in [0.717, 1.165) is 5.56 Å². The fraction of sp³-hybridized carbons (Fsp3) is 0.784. The zero-order valence-electron chi connectivity index (χ0n) is 31.5. The van der Waals surface area contributed by atoms with Gasteiger partial charge in [0.05, 0.1) is 30.5 Å². The summed E-state index contributed by atoms with van der Waals surface area (Å²) in [4.78, 5) is 47.6. The van der Waals surface area contributed by atoms with Gasteiger partial charge in [-0.3, -0.25) is 19.4 Å². The number of ether oxygens (including phenoxy) is 4. The summed E-state index contributed by atoms with van der Waals surface area (Å²) >= 11 is 0. The normalized spacial score (nSPS) is 39.6. The topological polar surface area (TPSA) is 177 Å². The molecule has 0 bridgehead atoms. The van der Waals surface area contributed by atoms with Gasteiger partial charge in [0, 0.05) is 49.3 Å². The van der Waals surface area contributed by atoms with Crippen molar-refractivity contribution in [2.45, 2.75) is 135 Å². The van der Waals surface area contributed by atoms with Crippen molar-refractivity contribution in [3.63, 3.8) is 0 Å². The number of aliphatic hydroxyl groups is 3. The third-order valence-corrected chi connectivity index (χ3v) is 10.6. The molecule has 13 nitrogen and oxygen atoms in total. The van der Waals surface area contributed by atoms with Crippen molar-refractivity contribution >= 4 is 17.5 Å². The SMILES string of the molecule is CC[C@H]1OC(=O)[C@H](C)C(=O)[C@H](C)[C@@H](O[C@@H]2O[C@H](C)C[C@H](N(C)C)[C@H]2O)[C@](C)(OCCNCc2ccncc2)C[C@@H](C)C(=O)[C@H](C)[C@@H](O)[C@]1(C)O. The number of hydrogen-bond acceptors (Lipinski definition) is 13. The highest BCUT2D eigenvalue weighted by atomic mass is 16.7. The minimum absolute atomic E-state index is 0.0587. The lowest BCUT2D eigenvalue weighted by Gasteiger charge is -2.47. The number of rotatable bonds is 10. The van der Waals surface area contributed by atoms with E-state index in [0.29, 0.717) is 19.5 Å². The summed E-state index contributed by atoms with van der Waals surface area (Å²) in [6.07, 6.45) is -2.18. The minimum Gasteiger partial charge on any atom is -0.459 e. The molecule has 50 heavy (non-hydrogen) atoms. The molecule has 0 spiro atoms. The third kappa shape index (κ3) is 9.94. The number of Topliss-reactive ketones (excluding diaryl/α,β-unsaturated/α-hetero) is 2. The number of nitrogens with one attached hydrogen (secondary N) is 1. The van der Waals surface area contributed by atoms with Gasteiger partial charge >= 0.3 is 5.97 Å². The fourth-order valence-corrected chi connectivity index (χ4v) is 7.46. The van der Waals surface area contributed by atoms with Crippen LogP contribution in [-0.2, 0) is 39.9 Å². The second-order valence-electron chi connectivity index (χ2n) is 15.0. The highest BCUT2D eigenvalue weighted by molar-refractivity contribution is 6.00. The number of esters is 1. The van der Waals surface area contributed by atoms with Gasteiger partial charge in [0.25, 0.3) is 0 Å². The van der Waals surface area contributed by atoms with Crippen molar-refractivity contribution in [3.05, 3.63) is 30.1 Å². The number of cyclic esters (lactones) is 1. The first kappa shape index (κ1) is 42.1. The van der Waals surface area contributed by atoms with Crippen LogP contribution in [0.1, 0.15) is 80.2 Å². The maximum atomic E-state index is 14.2. The molecule has 1 aromatic heterocycles. The summed E-state index contributed by atoms with van der Waals surface area (Å²) in [6.45, 7) is 14.1. The number of ketones is 2. The fourth-order valence-electron chi connectivity index (χ4n) is 7.46. The van der Waals surface area contributed by atoms with Gasteiger partial charge in [0.1, 0.15) is 29.5 Å². The van der Waals surface area contributed by atoms with Crippen LogP contribution in [0.4, 0.5) is 0 Å². The number of likely N-dealkylation sites (N-methyl/N-ethyl adjacent to an activating group) is 1. The summed E-state index contributed by atoms with van der Waals surface area (Å²) in [5, 5.41) is 37.5. The zero-order chi connectivity index (χ0) is 37.6. The maximum Gasteiger partial charge on any atom is 0.316 e. The van der Waals surface area contributed by atoms with Crippen molar-refractivity contribution < 1.29 is 48.7 Å². The van der Waals surface area contributed by atoms with Gasteiger partial charge in [-0.2, -0.15) is 0 Å². The van der Waals surface area contributed by atoms with E-state index in [-0.39, 0.29) is 37.4 Å². The molecule has 13 atom stereocenters. The smallest absolute Gasteiger partial charge is 0.316 e. The Morgan fingerprint density at radius 1 is 1.02 bits per heavy atom. The second-order valence-corrected chi connectivity index (χ2v) is 15.0. The van der Waals surface area contributed by atoms with Gasteiger partial charge in [-0.15, -0.1) is 0 Å². The van der Waals surface area contributed by atoms with Crippen LogP contribution in [0.2, 0.25) is 0 Å². The zero-order valence-corrected chi connectivity index (χ0v) is 31.5. The van der Waals surface area contributed by atoms with E-state index in [1.165, 1.54) is 20.8 Å². The Labute approximate surface area is 297 Å². The van der Waals surface area contributed by atoms with Crippen molar-refractivity contribution in [1.82, 2.24) is 15.2 Å². The van der Waals surface area contributed by atoms with Crippen LogP contribution in [0.3, 0.4) is 0 Å². The molecule has 0 amide bonds. The van der Waals surface area contributed by atoms with Crippen LogP contribution in [0.25, 0.3) is 0 Å². The molecule has 2 aliphatic heterocycles. The van der Waals surface area contributed by atoms with Crippen LogP contribution in [-0.4, -0.2) is 124 Å². The first-order chi connectivity index (χ1) is 23.3. The molecule has 3 rings (SSSR count). The molecule has 2 aliphatic rings. The summed E-state index contributed by atoms with van der Waals surface area (Å²) < 4.78 is 25.1. The van der Waals surface area contributed by atoms with E-state index in [1.807, 2.05) is 38.1 Å². The molecular weight excluding hydrogens is 646 g/mol. The van der Waals surface area contributed by atoms with Crippen LogP contribution >= 0.6 is 0 Å². The lowest BCUT2D eigenvalue weighted by Crippen LogP contribution is -2.60. The van der Waals surface area contributed by atoms with E-state index < -0.39 is 77.3 Å². The lowest BCUT2D eigenvalue weighted by molar-refractivity contribution is -0.297. The quantitative estimate of drug-likeness (QED) is 0.158. The molecule has 0 aliphatic carbocycles. The van der Waals surface area contributed by atoms with Gasteiger partial charge in [-0.25, -0.2) is 0 Å². The molecule has 2 saturated heterocycles. The van der Waals surface area contributed by atoms with E-state index >= 15 is 0 Å². The molecule has 0 radical (unpaired) electrons. The van der Waals surface area contributed by atoms with E-state index in [9.17, 15) is 29.7 Å². The Bertz CT molecular complexity index is 1270. The molecule has 1 aromatic rings. The summed E-state index contributed by atoms with van der Waals surface area (Å²) in [6, 6.07) is 3.50. The molecule has 13 heteroatoms. The largest absolute Gasteiger partial charge is 0.459 e. The van der Waals surface area contributed by atoms with Crippen LogP contribution in [0, 0.1) is 23.7 Å². The van der Waals surface area contributed by atoms with Crippen molar-refractivity contribution in [1.29, 1.82) is 0 Å². The molecule has 0 saturated carbocycles. The van der Waals surface area contributed by atoms with E-state index in [1.54, 1.807) is 40.1 Å². The lowest BCUT2D eigenvalue weighted by atomic mass is 9.74. The predicted molar refractivity (Wildman–Crippen MR) is 186 cm³/mol. The van der Waals surface area contributed by atoms with Crippen LogP contribution < -0.4 is 5.32 Å². The molecule has 0 aromatic carbocycles. The Morgan fingerprint density at radius 3 is 2.26 bits per heavy atom. The Kier molecular flexibility index (Phi) is 15.1. The molecule has 2 fully saturated rings. The van der Waals surface area contributed by atoms with Gasteiger partial charge < -0.3 is 44.5 Å². The first-order valence-corrected chi connectivity index (χ1v) is 17.9. The molecule has 284 valence electrons. The number of nitrogens with zero attached hydrogens (tertiary/aromatic N) is 2. The average Bonchev–Trinajstić information content (AvgIpc) is 3.08. The second kappa shape index (κ2) is 17.9. The number of carbonyl (C=O) groups excluding carboxylic acids is 3. The summed E-state index contributed by atoms with van der Waals surface area (Å²) in [5.41, 5.74) is -2.28. The van der Waals surface area contributed by atoms with Crippen molar-refractivity contribution in [3.8, 4) is 0 Å². The highest BCUT2D eigenvalue weighted by Gasteiger charge is 2.52. The average molecular weight is 708 g/mol. The minimum atomic E-state index is -1.97. The van der Waals surface area contributed by atoms with Crippen molar-refractivity contribution in [2.24, 2.45) is 23.7 Å². The summed E-state index contributed by atoms with van der Waals surface area (Å²) in [5.74, 6) is -5.75. The number of aromatic nitrogens is 1. The maximum absolute atomic E-state index is 14.2. The Balaban J connectivity index is 2.06. The van der Waals surface area contributed by atoms with E-state index in [4.69, 9.17) is 18.9 Å². The van der Waals surface area contributed by atoms with Gasteiger partial charge in [-0.05, 0) is 78.7 Å². The first-order valence-electron chi connectivity index (χ1n) is 17.9. The molecule has 0 unspecified atom stereocenters. The van der Waals surface area contributed by atoms with Gasteiger partial charge in [0.2, 0.25) is 0 Å². The Morgan fingerprint density at radius 2 is 1.66 bits per heavy atom. The van der Waals surface area contributed by atoms with Gasteiger partial charge in [0.15, 0.2) is 12.1 Å². The van der Waals surface area contributed by atoms with Crippen molar-refractivity contribution in [2.75, 3.05) is 27.2 Å². The van der Waals surface area contributed by atoms with E-state index in [2.05, 4.69) is 10.3 Å². The molecule has 4 N–H and O–H groups in total. The number of hydrogen-bond donors (Lipinski definition) is 4. The van der Waals surface area contributed by atoms with Gasteiger partial charge in [-0.1, -0.05) is 27.7 Å². The monoisotopic (exact) mass is 707 g/mol. The predicted octanol–water partition coefficient (Wildman–Crippen LogP) is 2.28. The molecular formula is C37H61N3O10. The summed E-state index contributed by atoms with van der Waals surface area (Å²) in [7, 11) is 3.72. The number of pyridine rings is 1. The number of carbonyl (C=O) groups is 3. The van der Waals surface area contributed by atoms with Crippen LogP contribution in [0.15, 0.2) is 24.5 Å². The third-order valence-electron chi connectivity index (χ3n) is 10.6.